The molecule has 0 N–H and O–H groups in total. The molecule has 0 amide bonds. The van der Waals surface area contributed by atoms with Crippen LogP contribution >= 0.6 is 0 Å². The lowest BCUT2D eigenvalue weighted by molar-refractivity contribution is 0.0512. The van der Waals surface area contributed by atoms with Crippen LogP contribution in [-0.2, 0) is 18.2 Å². The minimum atomic E-state index is -0.415. The van der Waals surface area contributed by atoms with Crippen molar-refractivity contribution in [1.82, 2.24) is 14.7 Å². The number of aryl methyl sites for hydroxylation is 1. The minimum absolute atomic E-state index is 0.0950. The zero-order valence-electron chi connectivity index (χ0n) is 13.0. The van der Waals surface area contributed by atoms with E-state index in [1.165, 1.54) is 4.68 Å². The third kappa shape index (κ3) is 2.99. The van der Waals surface area contributed by atoms with Crippen LogP contribution in [0.25, 0.3) is 0 Å². The molecule has 114 valence electrons. The van der Waals surface area contributed by atoms with Crippen LogP contribution < -0.4 is 0 Å². The molecule has 0 saturated heterocycles. The third-order valence-electron chi connectivity index (χ3n) is 3.41. The second-order valence-electron chi connectivity index (χ2n) is 5.32. The van der Waals surface area contributed by atoms with Crippen LogP contribution in [-0.4, -0.2) is 47.1 Å². The van der Waals surface area contributed by atoms with E-state index in [0.29, 0.717) is 36.4 Å². The van der Waals surface area contributed by atoms with Gasteiger partial charge in [0.25, 0.3) is 0 Å². The molecule has 1 aromatic rings. The Morgan fingerprint density at radius 1 is 1.43 bits per heavy atom. The Kier molecular flexibility index (Phi) is 4.45. The van der Waals surface area contributed by atoms with Gasteiger partial charge >= 0.3 is 5.97 Å². The van der Waals surface area contributed by atoms with Crippen molar-refractivity contribution in [2.24, 2.45) is 7.05 Å². The standard InChI is InChI=1S/C15H21N3O3/c1-5-21-15(20)13-11-8-6-7-10(9-17(2)3)14(19)12(11)16-18(13)4/h9H,5-8H2,1-4H3. The zero-order chi connectivity index (χ0) is 15.6. The summed E-state index contributed by atoms with van der Waals surface area (Å²) in [4.78, 5) is 26.5. The quantitative estimate of drug-likeness (QED) is 0.480. The summed E-state index contributed by atoms with van der Waals surface area (Å²) >= 11 is 0. The van der Waals surface area contributed by atoms with Gasteiger partial charge in [-0.15, -0.1) is 0 Å². The maximum atomic E-state index is 12.6. The van der Waals surface area contributed by atoms with Gasteiger partial charge in [0.15, 0.2) is 0 Å². The molecule has 1 aliphatic rings. The van der Waals surface area contributed by atoms with Crippen LogP contribution in [0.5, 0.6) is 0 Å². The van der Waals surface area contributed by atoms with Gasteiger partial charge in [0.05, 0.1) is 6.61 Å². The first-order chi connectivity index (χ1) is 9.95. The predicted molar refractivity (Wildman–Crippen MR) is 78.2 cm³/mol. The van der Waals surface area contributed by atoms with E-state index >= 15 is 0 Å². The van der Waals surface area contributed by atoms with Crippen molar-refractivity contribution in [3.63, 3.8) is 0 Å². The van der Waals surface area contributed by atoms with Gasteiger partial charge in [-0.3, -0.25) is 9.48 Å². The molecule has 2 rings (SSSR count). The number of carbonyl (C=O) groups is 2. The summed E-state index contributed by atoms with van der Waals surface area (Å²) in [7, 11) is 5.44. The van der Waals surface area contributed by atoms with E-state index in [4.69, 9.17) is 4.74 Å². The van der Waals surface area contributed by atoms with Crippen molar-refractivity contribution < 1.29 is 14.3 Å². The van der Waals surface area contributed by atoms with Gasteiger partial charge in [0.2, 0.25) is 5.78 Å². The highest BCUT2D eigenvalue weighted by Gasteiger charge is 2.30. The number of esters is 1. The highest BCUT2D eigenvalue weighted by atomic mass is 16.5. The van der Waals surface area contributed by atoms with Crippen molar-refractivity contribution in [2.75, 3.05) is 20.7 Å². The smallest absolute Gasteiger partial charge is 0.356 e. The Labute approximate surface area is 124 Å². The molecule has 21 heavy (non-hydrogen) atoms. The Morgan fingerprint density at radius 3 is 2.76 bits per heavy atom. The van der Waals surface area contributed by atoms with Gasteiger partial charge in [-0.25, -0.2) is 4.79 Å². The van der Waals surface area contributed by atoms with Crippen LogP contribution in [0.4, 0.5) is 0 Å². The second kappa shape index (κ2) is 6.11. The normalized spacial score (nSPS) is 16.6. The SMILES string of the molecule is CCOC(=O)c1c2c(nn1C)C(=O)C(=CN(C)C)CCC2. The summed E-state index contributed by atoms with van der Waals surface area (Å²) in [6.07, 6.45) is 4.00. The number of ketones is 1. The van der Waals surface area contributed by atoms with Gasteiger partial charge in [-0.05, 0) is 26.2 Å². The Hall–Kier alpha value is -2.11. The number of nitrogens with zero attached hydrogens (tertiary/aromatic N) is 3. The van der Waals surface area contributed by atoms with Crippen LogP contribution in [0, 0.1) is 0 Å². The van der Waals surface area contributed by atoms with Crippen LogP contribution in [0.1, 0.15) is 46.3 Å². The first-order valence-electron chi connectivity index (χ1n) is 7.10. The number of allylic oxidation sites excluding steroid dienone is 1. The number of rotatable bonds is 3. The molecule has 1 aliphatic carbocycles. The number of ether oxygens (including phenoxy) is 1. The van der Waals surface area contributed by atoms with Crippen molar-refractivity contribution in [2.45, 2.75) is 26.2 Å². The van der Waals surface area contributed by atoms with Gasteiger partial charge < -0.3 is 9.64 Å². The van der Waals surface area contributed by atoms with Gasteiger partial charge in [-0.2, -0.15) is 5.10 Å². The molecule has 0 bridgehead atoms. The average molecular weight is 291 g/mol. The van der Waals surface area contributed by atoms with E-state index in [-0.39, 0.29) is 5.78 Å². The fourth-order valence-electron chi connectivity index (χ4n) is 2.60. The highest BCUT2D eigenvalue weighted by molar-refractivity contribution is 6.10. The van der Waals surface area contributed by atoms with E-state index < -0.39 is 5.97 Å². The molecule has 0 saturated carbocycles. The molecule has 0 unspecified atom stereocenters. The lowest BCUT2D eigenvalue weighted by Crippen LogP contribution is -2.12. The molecule has 1 aromatic heterocycles. The van der Waals surface area contributed by atoms with Crippen molar-refractivity contribution in [1.29, 1.82) is 0 Å². The van der Waals surface area contributed by atoms with Crippen molar-refractivity contribution >= 4 is 11.8 Å². The topological polar surface area (TPSA) is 64.4 Å². The number of aromatic nitrogens is 2. The van der Waals surface area contributed by atoms with E-state index in [1.54, 1.807) is 14.0 Å². The fourth-order valence-corrected chi connectivity index (χ4v) is 2.60. The van der Waals surface area contributed by atoms with Crippen LogP contribution in [0.15, 0.2) is 11.8 Å². The van der Waals surface area contributed by atoms with Gasteiger partial charge in [0, 0.05) is 38.5 Å². The summed E-state index contributed by atoms with van der Waals surface area (Å²) in [6.45, 7) is 2.06. The van der Waals surface area contributed by atoms with E-state index in [2.05, 4.69) is 5.10 Å². The number of hydrogen-bond acceptors (Lipinski definition) is 5. The number of fused-ring (bicyclic) bond motifs is 1. The van der Waals surface area contributed by atoms with Crippen molar-refractivity contribution in [3.05, 3.63) is 28.7 Å². The maximum Gasteiger partial charge on any atom is 0.356 e. The van der Waals surface area contributed by atoms with Crippen LogP contribution in [0.3, 0.4) is 0 Å². The van der Waals surface area contributed by atoms with Crippen molar-refractivity contribution in [3.8, 4) is 0 Å². The second-order valence-corrected chi connectivity index (χ2v) is 5.32. The summed E-state index contributed by atoms with van der Waals surface area (Å²) < 4.78 is 6.52. The van der Waals surface area contributed by atoms with E-state index in [1.807, 2.05) is 25.2 Å². The molecule has 0 atom stereocenters. The highest BCUT2D eigenvalue weighted by Crippen LogP contribution is 2.26. The number of carbonyl (C=O) groups excluding carboxylic acids is 2. The summed E-state index contributed by atoms with van der Waals surface area (Å²) in [5, 5.41) is 4.26. The maximum absolute atomic E-state index is 12.6. The molecular formula is C15H21N3O3. The average Bonchev–Trinajstić information content (AvgIpc) is 2.66. The Bertz CT molecular complexity index is 600. The molecule has 0 aromatic carbocycles. The molecular weight excluding hydrogens is 270 g/mol. The molecule has 6 nitrogen and oxygen atoms in total. The van der Waals surface area contributed by atoms with Crippen LogP contribution in [0.2, 0.25) is 0 Å². The monoisotopic (exact) mass is 291 g/mol. The summed E-state index contributed by atoms with van der Waals surface area (Å²) in [5.41, 5.74) is 2.22. The first-order valence-corrected chi connectivity index (χ1v) is 7.10. The summed E-state index contributed by atoms with van der Waals surface area (Å²) in [5.74, 6) is -0.510. The van der Waals surface area contributed by atoms with Gasteiger partial charge in [-0.1, -0.05) is 0 Å². The van der Waals surface area contributed by atoms with Gasteiger partial charge in [0.1, 0.15) is 11.4 Å². The number of Topliss-reactive ketones (excluding diaryl/α,β-unsaturated/α-hetero) is 1. The molecule has 0 spiro atoms. The lowest BCUT2D eigenvalue weighted by atomic mass is 10.1. The Morgan fingerprint density at radius 2 is 2.14 bits per heavy atom. The lowest BCUT2D eigenvalue weighted by Gasteiger charge is -2.08. The predicted octanol–water partition coefficient (Wildman–Crippen LogP) is 1.56. The minimum Gasteiger partial charge on any atom is -0.461 e. The summed E-state index contributed by atoms with van der Waals surface area (Å²) in [6, 6.07) is 0. The largest absolute Gasteiger partial charge is 0.461 e. The fraction of sp³-hybridized carbons (Fsp3) is 0.533. The van der Waals surface area contributed by atoms with E-state index in [0.717, 1.165) is 12.0 Å². The third-order valence-corrected chi connectivity index (χ3v) is 3.41. The number of hydrogen-bond donors (Lipinski definition) is 0. The Balaban J connectivity index is 2.47. The molecule has 6 heteroatoms. The molecule has 0 aliphatic heterocycles. The molecule has 0 fully saturated rings. The first kappa shape index (κ1) is 15.3. The van der Waals surface area contributed by atoms with E-state index in [9.17, 15) is 9.59 Å². The molecule has 1 heterocycles. The molecule has 0 radical (unpaired) electrons. The zero-order valence-corrected chi connectivity index (χ0v) is 13.0.